The summed E-state index contributed by atoms with van der Waals surface area (Å²) in [5.41, 5.74) is 5.07. The molecule has 1 aliphatic rings. The van der Waals surface area contributed by atoms with Gasteiger partial charge in [0.1, 0.15) is 5.82 Å². The summed E-state index contributed by atoms with van der Waals surface area (Å²) in [6.07, 6.45) is 2.47. The normalized spacial score (nSPS) is 17.7. The van der Waals surface area contributed by atoms with E-state index in [0.29, 0.717) is 5.82 Å². The van der Waals surface area contributed by atoms with Crippen molar-refractivity contribution in [2.24, 2.45) is 10.7 Å². The van der Waals surface area contributed by atoms with Gasteiger partial charge in [0.15, 0.2) is 0 Å². The molecule has 3 heteroatoms. The highest BCUT2D eigenvalue weighted by Gasteiger charge is 1.99. The van der Waals surface area contributed by atoms with Crippen LogP contribution in [0.4, 0.5) is 0 Å². The third-order valence-corrected chi connectivity index (χ3v) is 0.631. The fraction of sp³-hybridized carbons (Fsp3) is 0. The number of aliphatic imine (C=N–C) groups is 1. The Morgan fingerprint density at radius 3 is 2.57 bits per heavy atom. The predicted molar refractivity (Wildman–Crippen MR) is 25.8 cm³/mol. The number of nitrogens with two attached hydrogens (primary N) is 1. The molecule has 2 N–H and O–H groups in total. The highest BCUT2D eigenvalue weighted by Crippen LogP contribution is 1.91. The molecule has 0 radical (unpaired) electrons. The predicted octanol–water partition coefficient (Wildman–Crippen LogP) is -0.560. The van der Waals surface area contributed by atoms with E-state index in [4.69, 9.17) is 5.73 Å². The monoisotopic (exact) mass is 96.0 g/mol. The number of carbonyl (C=O) groups is 1. The molecule has 0 fully saturated rings. The molecule has 0 saturated carbocycles. The quantitative estimate of drug-likeness (QED) is 0.439. The lowest BCUT2D eigenvalue weighted by atomic mass is 10.4. The lowest BCUT2D eigenvalue weighted by Crippen LogP contribution is -1.89. The van der Waals surface area contributed by atoms with Crippen molar-refractivity contribution in [2.45, 2.75) is 0 Å². The van der Waals surface area contributed by atoms with Crippen molar-refractivity contribution in [3.63, 3.8) is 0 Å². The third kappa shape index (κ3) is 0.652. The first-order chi connectivity index (χ1) is 3.29. The molecule has 0 unspecified atom stereocenters. The van der Waals surface area contributed by atoms with E-state index in [2.05, 4.69) is 4.99 Å². The minimum Gasteiger partial charge on any atom is -0.384 e. The van der Waals surface area contributed by atoms with Crippen LogP contribution in [0.25, 0.3) is 0 Å². The summed E-state index contributed by atoms with van der Waals surface area (Å²) >= 11 is 0. The minimum absolute atomic E-state index is 0.127. The Morgan fingerprint density at radius 1 is 1.71 bits per heavy atom. The van der Waals surface area contributed by atoms with Crippen molar-refractivity contribution in [2.75, 3.05) is 0 Å². The average Bonchev–Trinajstić information content (AvgIpc) is 1.87. The van der Waals surface area contributed by atoms with Crippen LogP contribution < -0.4 is 5.73 Å². The summed E-state index contributed by atoms with van der Waals surface area (Å²) < 4.78 is 0. The van der Waals surface area contributed by atoms with Gasteiger partial charge in [0.05, 0.1) is 6.21 Å². The fourth-order valence-electron chi connectivity index (χ4n) is 0.358. The van der Waals surface area contributed by atoms with E-state index >= 15 is 0 Å². The Kier molecular flexibility index (Phi) is 0.685. The lowest BCUT2D eigenvalue weighted by Gasteiger charge is -1.73. The first-order valence-electron chi connectivity index (χ1n) is 1.84. The molecule has 1 rings (SSSR count). The van der Waals surface area contributed by atoms with Crippen LogP contribution in [0.5, 0.6) is 0 Å². The zero-order chi connectivity index (χ0) is 5.28. The largest absolute Gasteiger partial charge is 0.384 e. The van der Waals surface area contributed by atoms with Crippen LogP contribution in [-0.2, 0) is 4.79 Å². The van der Waals surface area contributed by atoms with Crippen LogP contribution in [-0.4, -0.2) is 12.0 Å². The van der Waals surface area contributed by atoms with Crippen LogP contribution >= 0.6 is 0 Å². The molecule has 0 amide bonds. The molecule has 0 saturated heterocycles. The molecule has 1 heterocycles. The van der Waals surface area contributed by atoms with Crippen LogP contribution in [0, 0.1) is 0 Å². The van der Waals surface area contributed by atoms with Gasteiger partial charge < -0.3 is 5.73 Å². The zero-order valence-corrected chi connectivity index (χ0v) is 3.59. The maximum Gasteiger partial charge on any atom is 0.200 e. The van der Waals surface area contributed by atoms with Gasteiger partial charge in [0.2, 0.25) is 5.78 Å². The molecule has 0 atom stereocenters. The average molecular weight is 96.1 g/mol. The fourth-order valence-corrected chi connectivity index (χ4v) is 0.358. The van der Waals surface area contributed by atoms with Gasteiger partial charge in [-0.15, -0.1) is 0 Å². The van der Waals surface area contributed by atoms with E-state index in [-0.39, 0.29) is 5.78 Å². The van der Waals surface area contributed by atoms with Gasteiger partial charge in [0, 0.05) is 6.08 Å². The molecule has 0 aliphatic carbocycles. The first-order valence-corrected chi connectivity index (χ1v) is 1.84. The van der Waals surface area contributed by atoms with E-state index in [1.807, 2.05) is 0 Å². The minimum atomic E-state index is -0.127. The molecule has 0 aromatic rings. The molecule has 36 valence electrons. The van der Waals surface area contributed by atoms with E-state index in [1.54, 1.807) is 0 Å². The standard InChI is InChI=1S/C4H4N2O/c5-4-1-3(7)2-6-4/h1-2H,5H2. The van der Waals surface area contributed by atoms with Gasteiger partial charge in [-0.05, 0) is 0 Å². The van der Waals surface area contributed by atoms with Crippen molar-refractivity contribution < 1.29 is 4.79 Å². The van der Waals surface area contributed by atoms with Gasteiger partial charge in [0.25, 0.3) is 0 Å². The maximum atomic E-state index is 10.1. The van der Waals surface area contributed by atoms with Crippen LogP contribution in [0.1, 0.15) is 0 Å². The molecule has 0 bridgehead atoms. The number of rotatable bonds is 0. The smallest absolute Gasteiger partial charge is 0.200 e. The second-order valence-electron chi connectivity index (χ2n) is 1.23. The number of hydrogen-bond acceptors (Lipinski definition) is 3. The second-order valence-corrected chi connectivity index (χ2v) is 1.23. The van der Waals surface area contributed by atoms with Crippen molar-refractivity contribution in [1.82, 2.24) is 0 Å². The lowest BCUT2D eigenvalue weighted by molar-refractivity contribution is -0.108. The molecule has 0 aromatic carbocycles. The van der Waals surface area contributed by atoms with Crippen molar-refractivity contribution in [3.8, 4) is 0 Å². The third-order valence-electron chi connectivity index (χ3n) is 0.631. The summed E-state index contributed by atoms with van der Waals surface area (Å²) in [4.78, 5) is 13.6. The van der Waals surface area contributed by atoms with Crippen LogP contribution in [0.3, 0.4) is 0 Å². The van der Waals surface area contributed by atoms with Gasteiger partial charge in [-0.3, -0.25) is 4.79 Å². The summed E-state index contributed by atoms with van der Waals surface area (Å²) in [7, 11) is 0. The van der Waals surface area contributed by atoms with E-state index < -0.39 is 0 Å². The molecule has 0 aromatic heterocycles. The topological polar surface area (TPSA) is 55.5 Å². The van der Waals surface area contributed by atoms with E-state index in [0.717, 1.165) is 0 Å². The van der Waals surface area contributed by atoms with Crippen molar-refractivity contribution in [1.29, 1.82) is 0 Å². The Morgan fingerprint density at radius 2 is 2.43 bits per heavy atom. The Hall–Kier alpha value is -1.12. The van der Waals surface area contributed by atoms with Crippen molar-refractivity contribution in [3.05, 3.63) is 11.9 Å². The molecule has 0 spiro atoms. The van der Waals surface area contributed by atoms with Gasteiger partial charge in [-0.2, -0.15) is 0 Å². The second kappa shape index (κ2) is 1.18. The zero-order valence-electron chi connectivity index (χ0n) is 3.59. The molecule has 3 nitrogen and oxygen atoms in total. The SMILES string of the molecule is NC1=CC(=O)C=N1. The Balaban J connectivity index is 2.88. The Bertz CT molecular complexity index is 157. The van der Waals surface area contributed by atoms with E-state index in [1.165, 1.54) is 12.3 Å². The molecular weight excluding hydrogens is 92.1 g/mol. The molecule has 7 heavy (non-hydrogen) atoms. The number of hydrogen-bond donors (Lipinski definition) is 1. The summed E-state index contributed by atoms with van der Waals surface area (Å²) in [5, 5.41) is 0. The number of allylic oxidation sites excluding steroid dienone is 1. The van der Waals surface area contributed by atoms with Gasteiger partial charge in [-0.25, -0.2) is 4.99 Å². The van der Waals surface area contributed by atoms with Crippen LogP contribution in [0.15, 0.2) is 16.9 Å². The van der Waals surface area contributed by atoms with Crippen molar-refractivity contribution >= 4 is 12.0 Å². The van der Waals surface area contributed by atoms with Crippen LogP contribution in [0.2, 0.25) is 0 Å². The highest BCUT2D eigenvalue weighted by atomic mass is 16.1. The highest BCUT2D eigenvalue weighted by molar-refractivity contribution is 6.34. The molecular formula is C4H4N2O. The maximum absolute atomic E-state index is 10.1. The summed E-state index contributed by atoms with van der Waals surface area (Å²) in [5.74, 6) is 0.169. The summed E-state index contributed by atoms with van der Waals surface area (Å²) in [6.45, 7) is 0. The number of carbonyl (C=O) groups excluding carboxylic acids is 1. The molecule has 1 aliphatic heterocycles. The van der Waals surface area contributed by atoms with Gasteiger partial charge >= 0.3 is 0 Å². The van der Waals surface area contributed by atoms with E-state index in [9.17, 15) is 4.79 Å². The van der Waals surface area contributed by atoms with Gasteiger partial charge in [-0.1, -0.05) is 0 Å². The number of ketones is 1. The number of nitrogens with zero attached hydrogens (tertiary/aromatic N) is 1. The summed E-state index contributed by atoms with van der Waals surface area (Å²) in [6, 6.07) is 0. The Labute approximate surface area is 40.5 Å². The first kappa shape index (κ1) is 4.05.